The predicted molar refractivity (Wildman–Crippen MR) is 124 cm³/mol. The molecule has 3 aromatic carbocycles. The lowest BCUT2D eigenvalue weighted by Crippen LogP contribution is -2.28. The number of aromatic amines is 2. The number of rotatable bonds is 5. The number of H-pyrrole nitrogens is 2. The number of hydrogen-bond acceptors (Lipinski definition) is 4. The van der Waals surface area contributed by atoms with Gasteiger partial charge in [0.25, 0.3) is 5.91 Å². The fraction of sp³-hybridized carbons (Fsp3) is 0.115. The molecule has 6 rings (SSSR count). The van der Waals surface area contributed by atoms with Crippen molar-refractivity contribution in [2.75, 3.05) is 0 Å². The second-order valence-electron chi connectivity index (χ2n) is 8.27. The van der Waals surface area contributed by atoms with E-state index in [0.717, 1.165) is 33.4 Å². The van der Waals surface area contributed by atoms with Gasteiger partial charge in [-0.25, -0.2) is 4.79 Å². The van der Waals surface area contributed by atoms with E-state index in [1.165, 1.54) is 0 Å². The van der Waals surface area contributed by atoms with E-state index in [4.69, 9.17) is 4.42 Å². The number of carbonyl (C=O) groups is 1. The lowest BCUT2D eigenvalue weighted by Gasteiger charge is -2.26. The van der Waals surface area contributed by atoms with Gasteiger partial charge in [0.1, 0.15) is 0 Å². The third-order valence-electron chi connectivity index (χ3n) is 6.22. The van der Waals surface area contributed by atoms with Gasteiger partial charge in [-0.2, -0.15) is 5.10 Å². The highest BCUT2D eigenvalue weighted by Gasteiger charge is 2.37. The molecule has 162 valence electrons. The molecule has 2 aromatic heterocycles. The molecule has 0 radical (unpaired) electrons. The van der Waals surface area contributed by atoms with Crippen molar-refractivity contribution in [3.63, 3.8) is 0 Å². The van der Waals surface area contributed by atoms with Crippen LogP contribution in [0.3, 0.4) is 0 Å². The molecule has 1 atom stereocenters. The molecule has 1 aliphatic heterocycles. The Morgan fingerprint density at radius 1 is 0.939 bits per heavy atom. The van der Waals surface area contributed by atoms with Gasteiger partial charge in [-0.05, 0) is 52.9 Å². The SMILES string of the molecule is O=C1c2ccc(-c3cn[nH]c3)cc2C(Cc2ccccc2)N1Cc1ccc2[nH]c(=O)oc2c1. The quantitative estimate of drug-likeness (QED) is 0.426. The smallest absolute Gasteiger partial charge is 0.408 e. The number of benzene rings is 3. The number of fused-ring (bicyclic) bond motifs is 2. The van der Waals surface area contributed by atoms with E-state index in [1.807, 2.05) is 59.6 Å². The van der Waals surface area contributed by atoms with Gasteiger partial charge in [0, 0.05) is 23.9 Å². The minimum absolute atomic E-state index is 0.000271. The van der Waals surface area contributed by atoms with Crippen molar-refractivity contribution in [3.8, 4) is 11.1 Å². The van der Waals surface area contributed by atoms with E-state index in [1.54, 1.807) is 6.20 Å². The van der Waals surface area contributed by atoms with Crippen molar-refractivity contribution < 1.29 is 9.21 Å². The fourth-order valence-electron chi connectivity index (χ4n) is 4.61. The van der Waals surface area contributed by atoms with Crippen LogP contribution in [-0.4, -0.2) is 26.0 Å². The molecular weight excluding hydrogens is 416 g/mol. The largest absolute Gasteiger partial charge is 0.417 e. The number of amides is 1. The monoisotopic (exact) mass is 436 g/mol. The number of carbonyl (C=O) groups excluding carboxylic acids is 1. The molecule has 0 aliphatic carbocycles. The molecule has 0 spiro atoms. The van der Waals surface area contributed by atoms with Crippen LogP contribution in [0.5, 0.6) is 0 Å². The van der Waals surface area contributed by atoms with Gasteiger partial charge < -0.3 is 9.32 Å². The number of aromatic nitrogens is 3. The van der Waals surface area contributed by atoms with Crippen LogP contribution in [0, 0.1) is 0 Å². The summed E-state index contributed by atoms with van der Waals surface area (Å²) in [5, 5.41) is 6.91. The van der Waals surface area contributed by atoms with Gasteiger partial charge in [0.2, 0.25) is 0 Å². The summed E-state index contributed by atoms with van der Waals surface area (Å²) in [6.07, 6.45) is 4.33. The lowest BCUT2D eigenvalue weighted by molar-refractivity contribution is 0.0709. The average molecular weight is 436 g/mol. The van der Waals surface area contributed by atoms with Crippen molar-refractivity contribution >= 4 is 17.0 Å². The van der Waals surface area contributed by atoms with E-state index in [0.29, 0.717) is 24.1 Å². The second kappa shape index (κ2) is 7.63. The van der Waals surface area contributed by atoms with Crippen LogP contribution >= 0.6 is 0 Å². The zero-order chi connectivity index (χ0) is 22.4. The third kappa shape index (κ3) is 3.43. The van der Waals surface area contributed by atoms with Crippen molar-refractivity contribution in [2.24, 2.45) is 0 Å². The van der Waals surface area contributed by atoms with E-state index in [2.05, 4.69) is 33.4 Å². The number of nitrogens with one attached hydrogen (secondary N) is 2. The summed E-state index contributed by atoms with van der Waals surface area (Å²) in [5.41, 5.74) is 6.93. The van der Waals surface area contributed by atoms with E-state index in [9.17, 15) is 9.59 Å². The van der Waals surface area contributed by atoms with Crippen LogP contribution in [0.15, 0.2) is 88.3 Å². The highest BCUT2D eigenvalue weighted by Crippen LogP contribution is 2.39. The molecule has 1 unspecified atom stereocenters. The Morgan fingerprint density at radius 2 is 1.82 bits per heavy atom. The minimum atomic E-state index is -0.486. The average Bonchev–Trinajstić information content (AvgIpc) is 3.55. The van der Waals surface area contributed by atoms with Crippen LogP contribution in [0.2, 0.25) is 0 Å². The van der Waals surface area contributed by atoms with Gasteiger partial charge in [-0.1, -0.05) is 42.5 Å². The highest BCUT2D eigenvalue weighted by molar-refractivity contribution is 6.00. The Morgan fingerprint density at radius 3 is 2.64 bits per heavy atom. The van der Waals surface area contributed by atoms with Crippen LogP contribution in [-0.2, 0) is 13.0 Å². The third-order valence-corrected chi connectivity index (χ3v) is 6.22. The predicted octanol–water partition coefficient (Wildman–Crippen LogP) is 4.45. The van der Waals surface area contributed by atoms with Crippen LogP contribution in [0.4, 0.5) is 0 Å². The van der Waals surface area contributed by atoms with Gasteiger partial charge >= 0.3 is 5.76 Å². The van der Waals surface area contributed by atoms with Gasteiger partial charge in [-0.3, -0.25) is 14.9 Å². The zero-order valence-electron chi connectivity index (χ0n) is 17.6. The van der Waals surface area contributed by atoms with Gasteiger partial charge in [-0.15, -0.1) is 0 Å². The molecule has 7 nitrogen and oxygen atoms in total. The Hall–Kier alpha value is -4.39. The molecule has 2 N–H and O–H groups in total. The summed E-state index contributed by atoms with van der Waals surface area (Å²) < 4.78 is 5.22. The lowest BCUT2D eigenvalue weighted by atomic mass is 9.95. The number of nitrogens with zero attached hydrogens (tertiary/aromatic N) is 2. The molecule has 1 amide bonds. The maximum Gasteiger partial charge on any atom is 0.417 e. The molecule has 33 heavy (non-hydrogen) atoms. The summed E-state index contributed by atoms with van der Waals surface area (Å²) >= 11 is 0. The van der Waals surface area contributed by atoms with Gasteiger partial charge in [0.05, 0.1) is 17.8 Å². The van der Waals surface area contributed by atoms with Crippen LogP contribution < -0.4 is 5.76 Å². The van der Waals surface area contributed by atoms with Crippen LogP contribution in [0.1, 0.15) is 33.1 Å². The fourth-order valence-corrected chi connectivity index (χ4v) is 4.61. The molecule has 5 aromatic rings. The van der Waals surface area contributed by atoms with E-state index >= 15 is 0 Å². The van der Waals surface area contributed by atoms with Crippen molar-refractivity contribution in [1.82, 2.24) is 20.1 Å². The summed E-state index contributed by atoms with van der Waals surface area (Å²) in [6.45, 7) is 0.414. The van der Waals surface area contributed by atoms with Crippen molar-refractivity contribution in [2.45, 2.75) is 19.0 Å². The first-order valence-corrected chi connectivity index (χ1v) is 10.8. The molecule has 1 aliphatic rings. The number of hydrogen-bond donors (Lipinski definition) is 2. The topological polar surface area (TPSA) is 95.0 Å². The Bertz CT molecular complexity index is 1520. The Balaban J connectivity index is 1.41. The first kappa shape index (κ1) is 19.3. The second-order valence-corrected chi connectivity index (χ2v) is 8.27. The van der Waals surface area contributed by atoms with Crippen LogP contribution in [0.25, 0.3) is 22.2 Å². The number of oxazole rings is 1. The first-order chi connectivity index (χ1) is 16.2. The zero-order valence-corrected chi connectivity index (χ0v) is 17.6. The molecule has 3 heterocycles. The van der Waals surface area contributed by atoms with E-state index < -0.39 is 5.76 Å². The maximum absolute atomic E-state index is 13.5. The summed E-state index contributed by atoms with van der Waals surface area (Å²) in [4.78, 5) is 29.6. The first-order valence-electron chi connectivity index (χ1n) is 10.8. The minimum Gasteiger partial charge on any atom is -0.408 e. The molecule has 0 saturated heterocycles. The molecule has 7 heteroatoms. The van der Waals surface area contributed by atoms with Crippen molar-refractivity contribution in [3.05, 3.63) is 112 Å². The molecule has 0 fully saturated rings. The molecule has 0 saturated carbocycles. The molecule has 0 bridgehead atoms. The normalized spacial score (nSPS) is 15.3. The van der Waals surface area contributed by atoms with Crippen molar-refractivity contribution in [1.29, 1.82) is 0 Å². The Kier molecular flexibility index (Phi) is 4.47. The van der Waals surface area contributed by atoms with E-state index in [-0.39, 0.29) is 11.9 Å². The Labute approximate surface area is 188 Å². The molecular formula is C26H20N4O3. The summed E-state index contributed by atoms with van der Waals surface area (Å²) in [7, 11) is 0. The summed E-state index contributed by atoms with van der Waals surface area (Å²) in [5.74, 6) is -0.485. The van der Waals surface area contributed by atoms with Gasteiger partial charge in [0.15, 0.2) is 5.58 Å². The standard InChI is InChI=1S/C26H20N4O3/c31-25-20-8-7-18(19-13-27-28-14-19)12-21(20)23(10-16-4-2-1-3-5-16)30(25)15-17-6-9-22-24(11-17)33-26(32)29-22/h1-9,11-14,23H,10,15H2,(H,27,28)(H,29,32). The maximum atomic E-state index is 13.5. The highest BCUT2D eigenvalue weighted by atomic mass is 16.4. The summed E-state index contributed by atoms with van der Waals surface area (Å²) in [6, 6.07) is 21.6.